The molecule has 0 spiro atoms. The molecule has 0 fully saturated rings. The molecule has 0 aliphatic heterocycles. The molecule has 4 nitrogen and oxygen atoms in total. The first-order chi connectivity index (χ1) is 8.08. The van der Waals surface area contributed by atoms with E-state index in [4.69, 9.17) is 10.2 Å². The van der Waals surface area contributed by atoms with Crippen LogP contribution in [0.1, 0.15) is 29.8 Å². The number of rotatable bonds is 5. The smallest absolute Gasteiger partial charge is 0.251 e. The first kappa shape index (κ1) is 13.7. The molecule has 1 aromatic carbocycles. The largest absolute Gasteiger partial charge is 0.394 e. The van der Waals surface area contributed by atoms with Gasteiger partial charge in [0.05, 0.1) is 19.3 Å². The van der Waals surface area contributed by atoms with E-state index in [2.05, 4.69) is 5.32 Å². The molecule has 3 N–H and O–H groups in total. The van der Waals surface area contributed by atoms with Crippen molar-refractivity contribution in [2.75, 3.05) is 6.61 Å². The van der Waals surface area contributed by atoms with Gasteiger partial charge in [0.2, 0.25) is 0 Å². The zero-order valence-corrected chi connectivity index (χ0v) is 10.2. The van der Waals surface area contributed by atoms with Gasteiger partial charge in [-0.05, 0) is 23.6 Å². The normalized spacial score (nSPS) is 12.5. The van der Waals surface area contributed by atoms with E-state index < -0.39 is 0 Å². The molecular weight excluding hydrogens is 218 g/mol. The maximum atomic E-state index is 11.8. The molecule has 0 bridgehead atoms. The standard InChI is InChI=1S/C13H19NO3/c1-9(2)12(8-16)14-13(17)11-5-3-10(7-15)4-6-11/h3-6,9,12,15-16H,7-8H2,1-2H3,(H,14,17). The molecule has 0 saturated carbocycles. The molecule has 0 aromatic heterocycles. The van der Waals surface area contributed by atoms with E-state index in [9.17, 15) is 4.79 Å². The van der Waals surface area contributed by atoms with Crippen LogP contribution in [0.4, 0.5) is 0 Å². The summed E-state index contributed by atoms with van der Waals surface area (Å²) < 4.78 is 0. The zero-order valence-electron chi connectivity index (χ0n) is 10.2. The molecule has 0 aliphatic carbocycles. The molecular formula is C13H19NO3. The van der Waals surface area contributed by atoms with Crippen LogP contribution in [-0.2, 0) is 6.61 Å². The topological polar surface area (TPSA) is 69.6 Å². The van der Waals surface area contributed by atoms with E-state index in [1.165, 1.54) is 0 Å². The van der Waals surface area contributed by atoms with E-state index in [1.807, 2.05) is 13.8 Å². The average molecular weight is 237 g/mol. The summed E-state index contributed by atoms with van der Waals surface area (Å²) in [7, 11) is 0. The molecule has 4 heteroatoms. The molecule has 1 rings (SSSR count). The number of benzene rings is 1. The Hall–Kier alpha value is -1.39. The van der Waals surface area contributed by atoms with Gasteiger partial charge in [-0.3, -0.25) is 4.79 Å². The quantitative estimate of drug-likeness (QED) is 0.713. The van der Waals surface area contributed by atoms with Crippen LogP contribution in [-0.4, -0.2) is 28.8 Å². The minimum Gasteiger partial charge on any atom is -0.394 e. The average Bonchev–Trinajstić information content (AvgIpc) is 2.35. The van der Waals surface area contributed by atoms with Gasteiger partial charge in [0.1, 0.15) is 0 Å². The van der Waals surface area contributed by atoms with E-state index in [0.717, 1.165) is 5.56 Å². The fourth-order valence-electron chi connectivity index (χ4n) is 1.44. The van der Waals surface area contributed by atoms with Crippen molar-refractivity contribution < 1.29 is 15.0 Å². The van der Waals surface area contributed by atoms with Gasteiger partial charge in [0, 0.05) is 5.56 Å². The molecule has 0 radical (unpaired) electrons. The van der Waals surface area contributed by atoms with Crippen LogP contribution < -0.4 is 5.32 Å². The highest BCUT2D eigenvalue weighted by atomic mass is 16.3. The van der Waals surface area contributed by atoms with Crippen molar-refractivity contribution in [3.63, 3.8) is 0 Å². The maximum Gasteiger partial charge on any atom is 0.251 e. The van der Waals surface area contributed by atoms with Crippen molar-refractivity contribution in [3.05, 3.63) is 35.4 Å². The molecule has 0 saturated heterocycles. The Balaban J connectivity index is 2.68. The SMILES string of the molecule is CC(C)C(CO)NC(=O)c1ccc(CO)cc1. The van der Waals surface area contributed by atoms with Gasteiger partial charge in [0.15, 0.2) is 0 Å². The lowest BCUT2D eigenvalue weighted by atomic mass is 10.0. The second kappa shape index (κ2) is 6.37. The summed E-state index contributed by atoms with van der Waals surface area (Å²) in [6.07, 6.45) is 0. The summed E-state index contributed by atoms with van der Waals surface area (Å²) in [4.78, 5) is 11.8. The van der Waals surface area contributed by atoms with E-state index in [1.54, 1.807) is 24.3 Å². The van der Waals surface area contributed by atoms with Crippen molar-refractivity contribution in [2.45, 2.75) is 26.5 Å². The van der Waals surface area contributed by atoms with Gasteiger partial charge < -0.3 is 15.5 Å². The monoisotopic (exact) mass is 237 g/mol. The van der Waals surface area contributed by atoms with E-state index in [0.29, 0.717) is 5.56 Å². The summed E-state index contributed by atoms with van der Waals surface area (Å²) in [6, 6.07) is 6.50. The Morgan fingerprint density at radius 1 is 1.24 bits per heavy atom. The van der Waals surface area contributed by atoms with Gasteiger partial charge in [-0.15, -0.1) is 0 Å². The highest BCUT2D eigenvalue weighted by molar-refractivity contribution is 5.94. The zero-order chi connectivity index (χ0) is 12.8. The Morgan fingerprint density at radius 2 is 1.82 bits per heavy atom. The molecule has 94 valence electrons. The molecule has 17 heavy (non-hydrogen) atoms. The third-order valence-corrected chi connectivity index (χ3v) is 2.72. The number of aliphatic hydroxyl groups is 2. The van der Waals surface area contributed by atoms with Crippen LogP contribution in [0.2, 0.25) is 0 Å². The van der Waals surface area contributed by atoms with Crippen molar-refractivity contribution in [1.82, 2.24) is 5.32 Å². The molecule has 0 heterocycles. The van der Waals surface area contributed by atoms with Crippen molar-refractivity contribution in [1.29, 1.82) is 0 Å². The van der Waals surface area contributed by atoms with Crippen LogP contribution in [0.25, 0.3) is 0 Å². The predicted molar refractivity (Wildman–Crippen MR) is 65.5 cm³/mol. The fraction of sp³-hybridized carbons (Fsp3) is 0.462. The second-order valence-corrected chi connectivity index (χ2v) is 4.36. The molecule has 0 aliphatic rings. The lowest BCUT2D eigenvalue weighted by Crippen LogP contribution is -2.41. The first-order valence-electron chi connectivity index (χ1n) is 5.70. The lowest BCUT2D eigenvalue weighted by Gasteiger charge is -2.19. The number of nitrogens with one attached hydrogen (secondary N) is 1. The summed E-state index contributed by atoms with van der Waals surface area (Å²) in [6.45, 7) is 3.78. The predicted octanol–water partition coefficient (Wildman–Crippen LogP) is 0.926. The minimum atomic E-state index is -0.236. The van der Waals surface area contributed by atoms with E-state index in [-0.39, 0.29) is 31.1 Å². The lowest BCUT2D eigenvalue weighted by molar-refractivity contribution is 0.0897. The van der Waals surface area contributed by atoms with Crippen LogP contribution in [0.3, 0.4) is 0 Å². The Morgan fingerprint density at radius 3 is 2.24 bits per heavy atom. The molecule has 1 unspecified atom stereocenters. The number of aliphatic hydroxyl groups excluding tert-OH is 2. The van der Waals surface area contributed by atoms with E-state index >= 15 is 0 Å². The minimum absolute atomic E-state index is 0.0346. The molecule has 1 aromatic rings. The van der Waals surface area contributed by atoms with Crippen molar-refractivity contribution in [2.24, 2.45) is 5.92 Å². The van der Waals surface area contributed by atoms with Gasteiger partial charge in [-0.2, -0.15) is 0 Å². The second-order valence-electron chi connectivity index (χ2n) is 4.36. The summed E-state index contributed by atoms with van der Waals surface area (Å²) >= 11 is 0. The Bertz CT molecular complexity index is 359. The summed E-state index contributed by atoms with van der Waals surface area (Å²) in [5, 5.41) is 20.8. The third kappa shape index (κ3) is 3.84. The van der Waals surface area contributed by atoms with Gasteiger partial charge in [0.25, 0.3) is 5.91 Å². The molecule has 1 atom stereocenters. The van der Waals surface area contributed by atoms with Gasteiger partial charge in [-0.25, -0.2) is 0 Å². The Labute approximate surface area is 101 Å². The number of hydrogen-bond donors (Lipinski definition) is 3. The number of carbonyl (C=O) groups is 1. The van der Waals surface area contributed by atoms with Crippen LogP contribution in [0, 0.1) is 5.92 Å². The van der Waals surface area contributed by atoms with Gasteiger partial charge in [-0.1, -0.05) is 26.0 Å². The van der Waals surface area contributed by atoms with Crippen LogP contribution in [0.15, 0.2) is 24.3 Å². The number of hydrogen-bond acceptors (Lipinski definition) is 3. The Kier molecular flexibility index (Phi) is 5.12. The first-order valence-corrected chi connectivity index (χ1v) is 5.70. The van der Waals surface area contributed by atoms with Crippen molar-refractivity contribution >= 4 is 5.91 Å². The fourth-order valence-corrected chi connectivity index (χ4v) is 1.44. The number of carbonyl (C=O) groups excluding carboxylic acids is 1. The van der Waals surface area contributed by atoms with Crippen molar-refractivity contribution in [3.8, 4) is 0 Å². The maximum absolute atomic E-state index is 11.8. The summed E-state index contributed by atoms with van der Waals surface area (Å²) in [5.74, 6) is -0.0251. The third-order valence-electron chi connectivity index (χ3n) is 2.72. The number of amides is 1. The highest BCUT2D eigenvalue weighted by Gasteiger charge is 2.15. The highest BCUT2D eigenvalue weighted by Crippen LogP contribution is 2.06. The molecule has 1 amide bonds. The van der Waals surface area contributed by atoms with Crippen LogP contribution >= 0.6 is 0 Å². The van der Waals surface area contributed by atoms with Gasteiger partial charge >= 0.3 is 0 Å². The summed E-state index contributed by atoms with van der Waals surface area (Å²) in [5.41, 5.74) is 1.30. The van der Waals surface area contributed by atoms with Crippen LogP contribution in [0.5, 0.6) is 0 Å².